The van der Waals surface area contributed by atoms with Crippen LogP contribution in [0.4, 0.5) is 0 Å². The number of nitrogens with zero attached hydrogens (tertiary/aromatic N) is 1. The molecule has 0 saturated heterocycles. The summed E-state index contributed by atoms with van der Waals surface area (Å²) in [6, 6.07) is 8.13. The van der Waals surface area contributed by atoms with Crippen LogP contribution in [-0.2, 0) is 0 Å². The van der Waals surface area contributed by atoms with Gasteiger partial charge in [-0.05, 0) is 73.6 Å². The monoisotopic (exact) mass is 302 g/mol. The summed E-state index contributed by atoms with van der Waals surface area (Å²) >= 11 is 1.68. The van der Waals surface area contributed by atoms with E-state index >= 15 is 0 Å². The molecular weight excluding hydrogens is 280 g/mol. The highest BCUT2D eigenvalue weighted by molar-refractivity contribution is 7.07. The van der Waals surface area contributed by atoms with Crippen molar-refractivity contribution in [2.24, 2.45) is 0 Å². The molecule has 0 fully saturated rings. The Morgan fingerprint density at radius 3 is 2.57 bits per heavy atom. The smallest absolute Gasteiger partial charge is 0.251 e. The molecule has 3 nitrogen and oxygen atoms in total. The first-order chi connectivity index (χ1) is 9.99. The molecule has 1 atom stereocenters. The third-order valence-corrected chi connectivity index (χ3v) is 4.48. The van der Waals surface area contributed by atoms with Gasteiger partial charge in [0, 0.05) is 12.1 Å². The van der Waals surface area contributed by atoms with E-state index in [1.807, 2.05) is 39.2 Å². The van der Waals surface area contributed by atoms with Gasteiger partial charge in [0.15, 0.2) is 0 Å². The van der Waals surface area contributed by atoms with Gasteiger partial charge in [-0.25, -0.2) is 0 Å². The molecular formula is C17H22N2OS. The van der Waals surface area contributed by atoms with Crippen LogP contribution in [-0.4, -0.2) is 31.4 Å². The molecule has 2 aromatic rings. The summed E-state index contributed by atoms with van der Waals surface area (Å²) in [6.45, 7) is 4.69. The van der Waals surface area contributed by atoms with Crippen molar-refractivity contribution >= 4 is 17.2 Å². The second kappa shape index (κ2) is 6.87. The summed E-state index contributed by atoms with van der Waals surface area (Å²) in [7, 11) is 4.06. The van der Waals surface area contributed by atoms with Crippen molar-refractivity contribution in [3.63, 3.8) is 0 Å². The molecule has 1 amide bonds. The fourth-order valence-corrected chi connectivity index (χ4v) is 2.94. The fraction of sp³-hybridized carbons (Fsp3) is 0.353. The van der Waals surface area contributed by atoms with Gasteiger partial charge in [-0.2, -0.15) is 11.3 Å². The topological polar surface area (TPSA) is 32.3 Å². The van der Waals surface area contributed by atoms with E-state index in [1.54, 1.807) is 11.3 Å². The van der Waals surface area contributed by atoms with Gasteiger partial charge in [-0.3, -0.25) is 4.79 Å². The molecule has 0 aliphatic heterocycles. The Hall–Kier alpha value is -1.65. The van der Waals surface area contributed by atoms with Crippen molar-refractivity contribution in [1.82, 2.24) is 10.2 Å². The van der Waals surface area contributed by atoms with Gasteiger partial charge in [-0.15, -0.1) is 0 Å². The van der Waals surface area contributed by atoms with E-state index < -0.39 is 0 Å². The number of carbonyl (C=O) groups is 1. The van der Waals surface area contributed by atoms with Gasteiger partial charge in [0.05, 0.1) is 6.04 Å². The zero-order chi connectivity index (χ0) is 15.4. The predicted molar refractivity (Wildman–Crippen MR) is 89.0 cm³/mol. The number of likely N-dealkylation sites (N-methyl/N-ethyl adjacent to an activating group) is 1. The standard InChI is InChI=1S/C17H22N2OS/c1-12-5-6-14(9-13(12)2)17(20)18-10-16(19(3)4)15-7-8-21-11-15/h5-9,11,16H,10H2,1-4H3,(H,18,20)/t16-/m1/s1. The fourth-order valence-electron chi connectivity index (χ4n) is 2.24. The van der Waals surface area contributed by atoms with Gasteiger partial charge < -0.3 is 10.2 Å². The summed E-state index contributed by atoms with van der Waals surface area (Å²) in [6.07, 6.45) is 0. The van der Waals surface area contributed by atoms with Crippen LogP contribution < -0.4 is 5.32 Å². The number of carbonyl (C=O) groups excluding carboxylic acids is 1. The third-order valence-electron chi connectivity index (χ3n) is 3.78. The molecule has 1 N–H and O–H groups in total. The molecule has 0 bridgehead atoms. The highest BCUT2D eigenvalue weighted by Gasteiger charge is 2.16. The van der Waals surface area contributed by atoms with Crippen molar-refractivity contribution in [2.45, 2.75) is 19.9 Å². The van der Waals surface area contributed by atoms with Gasteiger partial charge >= 0.3 is 0 Å². The largest absolute Gasteiger partial charge is 0.350 e. The molecule has 0 saturated carbocycles. The molecule has 0 aliphatic carbocycles. The number of nitrogens with one attached hydrogen (secondary N) is 1. The van der Waals surface area contributed by atoms with Crippen LogP contribution in [0.2, 0.25) is 0 Å². The van der Waals surface area contributed by atoms with E-state index in [1.165, 1.54) is 11.1 Å². The maximum absolute atomic E-state index is 12.3. The number of benzene rings is 1. The van der Waals surface area contributed by atoms with Crippen molar-refractivity contribution in [3.05, 3.63) is 57.3 Å². The van der Waals surface area contributed by atoms with Crippen LogP contribution in [0.1, 0.15) is 33.1 Å². The third kappa shape index (κ3) is 3.93. The average Bonchev–Trinajstić information content (AvgIpc) is 2.95. The molecule has 0 spiro atoms. The van der Waals surface area contributed by atoms with Crippen LogP contribution >= 0.6 is 11.3 Å². The minimum absolute atomic E-state index is 0.0137. The molecule has 21 heavy (non-hydrogen) atoms. The quantitative estimate of drug-likeness (QED) is 0.918. The van der Waals surface area contributed by atoms with E-state index in [0.29, 0.717) is 6.54 Å². The predicted octanol–water partition coefficient (Wildman–Crippen LogP) is 3.40. The molecule has 1 aromatic carbocycles. The lowest BCUT2D eigenvalue weighted by atomic mass is 10.1. The molecule has 0 radical (unpaired) electrons. The van der Waals surface area contributed by atoms with E-state index in [4.69, 9.17) is 0 Å². The van der Waals surface area contributed by atoms with E-state index in [0.717, 1.165) is 11.1 Å². The molecule has 0 aliphatic rings. The van der Waals surface area contributed by atoms with Crippen molar-refractivity contribution in [2.75, 3.05) is 20.6 Å². The van der Waals surface area contributed by atoms with Crippen LogP contribution in [0.15, 0.2) is 35.0 Å². The minimum Gasteiger partial charge on any atom is -0.350 e. The lowest BCUT2D eigenvalue weighted by Gasteiger charge is -2.24. The van der Waals surface area contributed by atoms with Crippen LogP contribution in [0, 0.1) is 13.8 Å². The molecule has 0 unspecified atom stereocenters. The van der Waals surface area contributed by atoms with Gasteiger partial charge in [0.25, 0.3) is 5.91 Å². The number of hydrogen-bond donors (Lipinski definition) is 1. The lowest BCUT2D eigenvalue weighted by Crippen LogP contribution is -2.34. The Bertz CT molecular complexity index is 605. The Balaban J connectivity index is 2.03. The Labute approximate surface area is 130 Å². The first-order valence-corrected chi connectivity index (χ1v) is 7.97. The minimum atomic E-state index is -0.0137. The van der Waals surface area contributed by atoms with Crippen LogP contribution in [0.3, 0.4) is 0 Å². The van der Waals surface area contributed by atoms with Crippen LogP contribution in [0.5, 0.6) is 0 Å². The zero-order valence-corrected chi connectivity index (χ0v) is 13.8. The molecule has 4 heteroatoms. The Morgan fingerprint density at radius 1 is 1.24 bits per heavy atom. The van der Waals surface area contributed by atoms with Crippen molar-refractivity contribution < 1.29 is 4.79 Å². The maximum Gasteiger partial charge on any atom is 0.251 e. The number of aryl methyl sites for hydroxylation is 2. The second-order valence-corrected chi connectivity index (χ2v) is 6.33. The van der Waals surface area contributed by atoms with Gasteiger partial charge in [0.1, 0.15) is 0 Å². The first-order valence-electron chi connectivity index (χ1n) is 7.03. The number of rotatable bonds is 5. The maximum atomic E-state index is 12.3. The first kappa shape index (κ1) is 15.7. The van der Waals surface area contributed by atoms with Gasteiger partial charge in [0.2, 0.25) is 0 Å². The number of hydrogen-bond acceptors (Lipinski definition) is 3. The van der Waals surface area contributed by atoms with Crippen molar-refractivity contribution in [1.29, 1.82) is 0 Å². The Morgan fingerprint density at radius 2 is 2.00 bits per heavy atom. The SMILES string of the molecule is Cc1ccc(C(=O)NC[C@H](c2ccsc2)N(C)C)cc1C. The normalized spacial score (nSPS) is 12.4. The Kier molecular flexibility index (Phi) is 5.15. The average molecular weight is 302 g/mol. The summed E-state index contributed by atoms with van der Waals surface area (Å²) in [5.74, 6) is -0.0137. The number of thiophene rings is 1. The van der Waals surface area contributed by atoms with Crippen LogP contribution in [0.25, 0.3) is 0 Å². The molecule has 2 rings (SSSR count). The highest BCUT2D eigenvalue weighted by atomic mass is 32.1. The second-order valence-electron chi connectivity index (χ2n) is 5.55. The molecule has 1 heterocycles. The number of amides is 1. The zero-order valence-electron chi connectivity index (χ0n) is 13.0. The van der Waals surface area contributed by atoms with E-state index in [-0.39, 0.29) is 11.9 Å². The van der Waals surface area contributed by atoms with Gasteiger partial charge in [-0.1, -0.05) is 6.07 Å². The van der Waals surface area contributed by atoms with E-state index in [2.05, 4.69) is 34.0 Å². The molecule has 1 aromatic heterocycles. The highest BCUT2D eigenvalue weighted by Crippen LogP contribution is 2.20. The summed E-state index contributed by atoms with van der Waals surface area (Å²) in [5, 5.41) is 7.24. The summed E-state index contributed by atoms with van der Waals surface area (Å²) < 4.78 is 0. The summed E-state index contributed by atoms with van der Waals surface area (Å²) in [5.41, 5.74) is 4.31. The lowest BCUT2D eigenvalue weighted by molar-refractivity contribution is 0.0942. The molecule has 112 valence electrons. The summed E-state index contributed by atoms with van der Waals surface area (Å²) in [4.78, 5) is 14.4. The van der Waals surface area contributed by atoms with E-state index in [9.17, 15) is 4.79 Å². The van der Waals surface area contributed by atoms with Crippen molar-refractivity contribution in [3.8, 4) is 0 Å².